The maximum atomic E-state index is 11.9. The van der Waals surface area contributed by atoms with Gasteiger partial charge in [0.2, 0.25) is 5.91 Å². The van der Waals surface area contributed by atoms with Crippen LogP contribution in [0.15, 0.2) is 24.3 Å². The molecule has 0 aliphatic carbocycles. The molecule has 1 heterocycles. The van der Waals surface area contributed by atoms with Crippen LogP contribution in [0.3, 0.4) is 0 Å². The van der Waals surface area contributed by atoms with Crippen molar-refractivity contribution in [2.45, 2.75) is 19.8 Å². The molecule has 2 rings (SSSR count). The van der Waals surface area contributed by atoms with Crippen molar-refractivity contribution in [3.63, 3.8) is 0 Å². The number of halogens is 1. The van der Waals surface area contributed by atoms with Gasteiger partial charge in [-0.15, -0.1) is 0 Å². The summed E-state index contributed by atoms with van der Waals surface area (Å²) >= 11 is 5.84. The Morgan fingerprint density at radius 1 is 1.43 bits per heavy atom. The van der Waals surface area contributed by atoms with E-state index in [2.05, 4.69) is 17.1 Å². The van der Waals surface area contributed by atoms with Crippen LogP contribution >= 0.6 is 11.6 Å². The van der Waals surface area contributed by atoms with Crippen molar-refractivity contribution in [3.8, 4) is 0 Å². The van der Waals surface area contributed by atoms with E-state index >= 15 is 0 Å². The van der Waals surface area contributed by atoms with Crippen molar-refractivity contribution in [2.75, 3.05) is 32.7 Å². The summed E-state index contributed by atoms with van der Waals surface area (Å²) in [5, 5.41) is 3.71. The number of likely N-dealkylation sites (tertiary alicyclic amines) is 1. The zero-order valence-corrected chi connectivity index (χ0v) is 13.3. The number of amides is 1. The normalized spacial score (nSPS) is 22.4. The summed E-state index contributed by atoms with van der Waals surface area (Å²) in [6.07, 6.45) is 1.89. The Morgan fingerprint density at radius 2 is 2.14 bits per heavy atom. The van der Waals surface area contributed by atoms with Gasteiger partial charge in [-0.05, 0) is 49.0 Å². The highest BCUT2D eigenvalue weighted by Gasteiger charge is 2.32. The molecule has 1 fully saturated rings. The highest BCUT2D eigenvalue weighted by molar-refractivity contribution is 6.30. The third-order valence-electron chi connectivity index (χ3n) is 4.15. The first-order valence-corrected chi connectivity index (χ1v) is 7.82. The molecular formula is C16H24ClN3O. The molecule has 1 atom stereocenters. The highest BCUT2D eigenvalue weighted by Crippen LogP contribution is 2.27. The summed E-state index contributed by atoms with van der Waals surface area (Å²) in [6, 6.07) is 7.72. The van der Waals surface area contributed by atoms with Crippen LogP contribution in [0.25, 0.3) is 0 Å². The van der Waals surface area contributed by atoms with Crippen molar-refractivity contribution >= 4 is 17.5 Å². The molecule has 4 nitrogen and oxygen atoms in total. The smallest absolute Gasteiger partial charge is 0.234 e. The van der Waals surface area contributed by atoms with E-state index < -0.39 is 0 Å². The molecule has 3 N–H and O–H groups in total. The molecule has 0 radical (unpaired) electrons. The number of carbonyl (C=O) groups is 1. The lowest BCUT2D eigenvalue weighted by atomic mass is 9.90. The van der Waals surface area contributed by atoms with Gasteiger partial charge in [0.15, 0.2) is 0 Å². The lowest BCUT2D eigenvalue weighted by molar-refractivity contribution is -0.122. The first kappa shape index (κ1) is 16.3. The summed E-state index contributed by atoms with van der Waals surface area (Å²) in [5.74, 6) is 0.0882. The van der Waals surface area contributed by atoms with Gasteiger partial charge in [0.25, 0.3) is 0 Å². The van der Waals surface area contributed by atoms with Crippen LogP contribution < -0.4 is 11.1 Å². The maximum Gasteiger partial charge on any atom is 0.234 e. The predicted molar refractivity (Wildman–Crippen MR) is 86.4 cm³/mol. The van der Waals surface area contributed by atoms with Crippen molar-refractivity contribution in [1.29, 1.82) is 0 Å². The molecule has 0 bridgehead atoms. The molecule has 1 aliphatic rings. The zero-order chi connectivity index (χ0) is 15.3. The molecule has 116 valence electrons. The molecule has 21 heavy (non-hydrogen) atoms. The van der Waals surface area contributed by atoms with E-state index in [9.17, 15) is 4.79 Å². The number of benzene rings is 1. The first-order valence-electron chi connectivity index (χ1n) is 7.44. The summed E-state index contributed by atoms with van der Waals surface area (Å²) in [6.45, 7) is 5.86. The number of nitrogens with two attached hydrogens (primary N) is 1. The number of hydrogen-bond acceptors (Lipinski definition) is 3. The molecule has 1 saturated heterocycles. The van der Waals surface area contributed by atoms with Gasteiger partial charge in [0.05, 0.1) is 6.54 Å². The van der Waals surface area contributed by atoms with Gasteiger partial charge in [0, 0.05) is 18.1 Å². The minimum atomic E-state index is 0.0882. The van der Waals surface area contributed by atoms with E-state index in [-0.39, 0.29) is 11.3 Å². The van der Waals surface area contributed by atoms with Crippen molar-refractivity contribution < 1.29 is 4.79 Å². The standard InChI is InChI=1S/C16H24ClN3O/c1-16(11-18)7-9-20(12-16)10-15(21)19-8-6-13-2-4-14(17)5-3-13/h2-5H,6-12,18H2,1H3,(H,19,21). The highest BCUT2D eigenvalue weighted by atomic mass is 35.5. The van der Waals surface area contributed by atoms with Crippen LogP contribution in [0, 0.1) is 5.41 Å². The molecule has 1 unspecified atom stereocenters. The minimum absolute atomic E-state index is 0.0882. The lowest BCUT2D eigenvalue weighted by Crippen LogP contribution is -2.38. The average molecular weight is 310 g/mol. The molecule has 1 aromatic rings. The zero-order valence-electron chi connectivity index (χ0n) is 12.6. The Balaban J connectivity index is 1.67. The number of hydrogen-bond donors (Lipinski definition) is 2. The lowest BCUT2D eigenvalue weighted by Gasteiger charge is -2.22. The molecule has 1 amide bonds. The fourth-order valence-electron chi connectivity index (χ4n) is 2.68. The number of carbonyl (C=O) groups excluding carboxylic acids is 1. The fraction of sp³-hybridized carbons (Fsp3) is 0.562. The third-order valence-corrected chi connectivity index (χ3v) is 4.40. The molecule has 0 aromatic heterocycles. The Kier molecular flexibility index (Phi) is 5.62. The van der Waals surface area contributed by atoms with Crippen molar-refractivity contribution in [2.24, 2.45) is 11.1 Å². The molecule has 1 aliphatic heterocycles. The van der Waals surface area contributed by atoms with Gasteiger partial charge in [-0.3, -0.25) is 9.69 Å². The van der Waals surface area contributed by atoms with Crippen molar-refractivity contribution in [1.82, 2.24) is 10.2 Å². The molecule has 1 aromatic carbocycles. The van der Waals surface area contributed by atoms with E-state index in [4.69, 9.17) is 17.3 Å². The van der Waals surface area contributed by atoms with Crippen LogP contribution in [0.1, 0.15) is 18.9 Å². The fourth-order valence-corrected chi connectivity index (χ4v) is 2.81. The minimum Gasteiger partial charge on any atom is -0.355 e. The van der Waals surface area contributed by atoms with Crippen molar-refractivity contribution in [3.05, 3.63) is 34.9 Å². The Bertz CT molecular complexity index is 477. The van der Waals surface area contributed by atoms with Crippen LogP contribution in [-0.2, 0) is 11.2 Å². The van der Waals surface area contributed by atoms with Gasteiger partial charge in [-0.1, -0.05) is 30.7 Å². The second-order valence-corrected chi connectivity index (χ2v) is 6.64. The second-order valence-electron chi connectivity index (χ2n) is 6.20. The van der Waals surface area contributed by atoms with Gasteiger partial charge in [0.1, 0.15) is 0 Å². The quantitative estimate of drug-likeness (QED) is 0.840. The molecule has 0 saturated carbocycles. The van der Waals surface area contributed by atoms with Crippen LogP contribution in [0.4, 0.5) is 0 Å². The van der Waals surface area contributed by atoms with E-state index in [0.717, 1.165) is 31.0 Å². The summed E-state index contributed by atoms with van der Waals surface area (Å²) in [7, 11) is 0. The average Bonchev–Trinajstić information content (AvgIpc) is 2.83. The van der Waals surface area contributed by atoms with Gasteiger partial charge in [-0.25, -0.2) is 0 Å². The predicted octanol–water partition coefficient (Wildman–Crippen LogP) is 1.67. The summed E-state index contributed by atoms with van der Waals surface area (Å²) in [4.78, 5) is 14.1. The number of nitrogens with zero attached hydrogens (tertiary/aromatic N) is 1. The van der Waals surface area contributed by atoms with E-state index in [1.165, 1.54) is 5.56 Å². The SMILES string of the molecule is CC1(CN)CCN(CC(=O)NCCc2ccc(Cl)cc2)C1. The summed E-state index contributed by atoms with van der Waals surface area (Å²) < 4.78 is 0. The Hall–Kier alpha value is -1.10. The van der Waals surface area contributed by atoms with E-state index in [0.29, 0.717) is 19.6 Å². The molecule has 0 spiro atoms. The maximum absolute atomic E-state index is 11.9. The monoisotopic (exact) mass is 309 g/mol. The van der Waals surface area contributed by atoms with Gasteiger partial charge < -0.3 is 11.1 Å². The van der Waals surface area contributed by atoms with E-state index in [1.54, 1.807) is 0 Å². The van der Waals surface area contributed by atoms with E-state index in [1.807, 2.05) is 24.3 Å². The Labute approximate surface area is 131 Å². The molecular weight excluding hydrogens is 286 g/mol. The molecule has 5 heteroatoms. The Morgan fingerprint density at radius 3 is 2.76 bits per heavy atom. The van der Waals surface area contributed by atoms with Gasteiger partial charge in [-0.2, -0.15) is 0 Å². The first-order chi connectivity index (χ1) is 10.0. The van der Waals surface area contributed by atoms with Crippen LogP contribution in [0.5, 0.6) is 0 Å². The second kappa shape index (κ2) is 7.25. The third kappa shape index (κ3) is 4.99. The largest absolute Gasteiger partial charge is 0.355 e. The van der Waals surface area contributed by atoms with Gasteiger partial charge >= 0.3 is 0 Å². The number of rotatable bonds is 6. The number of nitrogens with one attached hydrogen (secondary N) is 1. The summed E-state index contributed by atoms with van der Waals surface area (Å²) in [5.41, 5.74) is 7.13. The van der Waals surface area contributed by atoms with Crippen LogP contribution in [-0.4, -0.2) is 43.5 Å². The van der Waals surface area contributed by atoms with Crippen LogP contribution in [0.2, 0.25) is 5.02 Å². The topological polar surface area (TPSA) is 58.4 Å².